The van der Waals surface area contributed by atoms with E-state index in [0.717, 1.165) is 21.2 Å². The average Bonchev–Trinajstić information content (AvgIpc) is 2.55. The van der Waals surface area contributed by atoms with Gasteiger partial charge in [0.1, 0.15) is 0 Å². The quantitative estimate of drug-likeness (QED) is 0.809. The molecule has 3 rings (SSSR count). The van der Waals surface area contributed by atoms with Gasteiger partial charge in [-0.2, -0.15) is 0 Å². The first-order valence-electron chi connectivity index (χ1n) is 7.25. The minimum Gasteiger partial charge on any atom is -0.326 e. The molecule has 1 aliphatic rings. The first-order chi connectivity index (χ1) is 11.2. The van der Waals surface area contributed by atoms with E-state index in [9.17, 15) is 9.59 Å². The van der Waals surface area contributed by atoms with Gasteiger partial charge in [-0.05, 0) is 30.3 Å². The summed E-state index contributed by atoms with van der Waals surface area (Å²) in [6.07, 6.45) is 0.442. The fourth-order valence-electron chi connectivity index (χ4n) is 2.16. The molecular weight excluding hydrogens is 328 g/mol. The summed E-state index contributed by atoms with van der Waals surface area (Å²) in [5.74, 6) is 1.14. The zero-order chi connectivity index (χ0) is 16.1. The standard InChI is InChI=1S/C17H16N2O2S2/c20-16(8-9-22-13-4-2-1-3-5-13)18-12-6-7-15-14(10-12)19-17(21)11-23-15/h1-7,10H,8-9,11H2,(H,18,20)(H,19,21). The molecule has 4 nitrogen and oxygen atoms in total. The predicted octanol–water partition coefficient (Wildman–Crippen LogP) is 3.85. The highest BCUT2D eigenvalue weighted by Gasteiger charge is 2.15. The number of rotatable bonds is 5. The van der Waals surface area contributed by atoms with Crippen LogP contribution in [0, 0.1) is 0 Å². The molecule has 6 heteroatoms. The second-order valence-electron chi connectivity index (χ2n) is 5.01. The van der Waals surface area contributed by atoms with E-state index in [-0.39, 0.29) is 11.8 Å². The Bertz CT molecular complexity index is 720. The Balaban J connectivity index is 1.52. The van der Waals surface area contributed by atoms with E-state index in [1.54, 1.807) is 11.8 Å². The van der Waals surface area contributed by atoms with Gasteiger partial charge in [-0.3, -0.25) is 9.59 Å². The summed E-state index contributed by atoms with van der Waals surface area (Å²) < 4.78 is 0. The molecule has 2 amide bonds. The monoisotopic (exact) mass is 344 g/mol. The largest absolute Gasteiger partial charge is 0.326 e. The first-order valence-corrected chi connectivity index (χ1v) is 9.22. The molecule has 0 spiro atoms. The Morgan fingerprint density at radius 1 is 1.22 bits per heavy atom. The summed E-state index contributed by atoms with van der Waals surface area (Å²) in [6, 6.07) is 15.6. The maximum Gasteiger partial charge on any atom is 0.234 e. The lowest BCUT2D eigenvalue weighted by Crippen LogP contribution is -2.19. The molecule has 0 bridgehead atoms. The fraction of sp³-hybridized carbons (Fsp3) is 0.176. The van der Waals surface area contributed by atoms with Crippen molar-refractivity contribution in [2.45, 2.75) is 16.2 Å². The first kappa shape index (κ1) is 16.0. The summed E-state index contributed by atoms with van der Waals surface area (Å²) in [6.45, 7) is 0. The van der Waals surface area contributed by atoms with E-state index in [4.69, 9.17) is 0 Å². The highest BCUT2D eigenvalue weighted by molar-refractivity contribution is 8.00. The lowest BCUT2D eigenvalue weighted by atomic mass is 10.2. The second kappa shape index (κ2) is 7.57. The van der Waals surface area contributed by atoms with E-state index >= 15 is 0 Å². The van der Waals surface area contributed by atoms with Crippen molar-refractivity contribution in [3.63, 3.8) is 0 Å². The third-order valence-corrected chi connectivity index (χ3v) is 5.32. The molecule has 118 valence electrons. The zero-order valence-corrected chi connectivity index (χ0v) is 14.0. The van der Waals surface area contributed by atoms with Gasteiger partial charge in [-0.15, -0.1) is 23.5 Å². The highest BCUT2D eigenvalue weighted by atomic mass is 32.2. The van der Waals surface area contributed by atoms with Crippen molar-refractivity contribution in [2.75, 3.05) is 22.1 Å². The third-order valence-electron chi connectivity index (χ3n) is 3.24. The van der Waals surface area contributed by atoms with Crippen LogP contribution in [0.4, 0.5) is 11.4 Å². The Morgan fingerprint density at radius 3 is 2.87 bits per heavy atom. The van der Waals surface area contributed by atoms with Crippen LogP contribution in [0.2, 0.25) is 0 Å². The predicted molar refractivity (Wildman–Crippen MR) is 96.2 cm³/mol. The molecule has 1 heterocycles. The zero-order valence-electron chi connectivity index (χ0n) is 12.4. The van der Waals surface area contributed by atoms with Gasteiger partial charge in [0.25, 0.3) is 0 Å². The molecule has 0 radical (unpaired) electrons. The van der Waals surface area contributed by atoms with Crippen molar-refractivity contribution in [1.82, 2.24) is 0 Å². The van der Waals surface area contributed by atoms with Gasteiger partial charge in [0, 0.05) is 27.7 Å². The van der Waals surface area contributed by atoms with Gasteiger partial charge < -0.3 is 10.6 Å². The molecule has 2 aromatic rings. The molecule has 0 saturated carbocycles. The number of hydrogen-bond donors (Lipinski definition) is 2. The Morgan fingerprint density at radius 2 is 2.04 bits per heavy atom. The molecule has 0 unspecified atom stereocenters. The average molecular weight is 344 g/mol. The van der Waals surface area contributed by atoms with Crippen LogP contribution in [-0.4, -0.2) is 23.3 Å². The van der Waals surface area contributed by atoms with E-state index in [1.165, 1.54) is 11.8 Å². The van der Waals surface area contributed by atoms with Crippen LogP contribution in [0.15, 0.2) is 58.3 Å². The molecule has 0 aromatic heterocycles. The maximum absolute atomic E-state index is 12.0. The van der Waals surface area contributed by atoms with Gasteiger partial charge >= 0.3 is 0 Å². The molecule has 2 aromatic carbocycles. The number of carbonyl (C=O) groups is 2. The van der Waals surface area contributed by atoms with E-state index in [0.29, 0.717) is 17.9 Å². The van der Waals surface area contributed by atoms with Crippen LogP contribution in [0.25, 0.3) is 0 Å². The van der Waals surface area contributed by atoms with Crippen LogP contribution in [0.3, 0.4) is 0 Å². The molecule has 23 heavy (non-hydrogen) atoms. The molecule has 2 N–H and O–H groups in total. The van der Waals surface area contributed by atoms with Crippen molar-refractivity contribution in [2.24, 2.45) is 0 Å². The topological polar surface area (TPSA) is 58.2 Å². The minimum absolute atomic E-state index is 0.00904. The van der Waals surface area contributed by atoms with E-state index in [1.807, 2.05) is 48.5 Å². The lowest BCUT2D eigenvalue weighted by molar-refractivity contribution is -0.116. The molecule has 0 atom stereocenters. The van der Waals surface area contributed by atoms with Crippen molar-refractivity contribution in [3.8, 4) is 0 Å². The smallest absolute Gasteiger partial charge is 0.234 e. The van der Waals surface area contributed by atoms with Gasteiger partial charge in [0.15, 0.2) is 0 Å². The maximum atomic E-state index is 12.0. The van der Waals surface area contributed by atoms with Crippen molar-refractivity contribution in [3.05, 3.63) is 48.5 Å². The summed E-state index contributed by atoms with van der Waals surface area (Å²) >= 11 is 3.17. The third kappa shape index (κ3) is 4.53. The molecule has 1 aliphatic heterocycles. The van der Waals surface area contributed by atoms with Crippen LogP contribution >= 0.6 is 23.5 Å². The number of thioether (sulfide) groups is 2. The summed E-state index contributed by atoms with van der Waals surface area (Å²) in [4.78, 5) is 25.6. The van der Waals surface area contributed by atoms with E-state index < -0.39 is 0 Å². The number of carbonyl (C=O) groups excluding carboxylic acids is 2. The van der Waals surface area contributed by atoms with Gasteiger partial charge in [0.2, 0.25) is 11.8 Å². The molecule has 0 aliphatic carbocycles. The SMILES string of the molecule is O=C(CCSc1ccccc1)Nc1ccc2c(c1)NC(=O)CS2. The lowest BCUT2D eigenvalue weighted by Gasteiger charge is -2.17. The summed E-state index contributed by atoms with van der Waals surface area (Å²) in [5.41, 5.74) is 1.48. The van der Waals surface area contributed by atoms with Gasteiger partial charge in [-0.25, -0.2) is 0 Å². The summed E-state index contributed by atoms with van der Waals surface area (Å²) in [5, 5.41) is 5.70. The number of benzene rings is 2. The minimum atomic E-state index is -0.0248. The molecular formula is C17H16N2O2S2. The number of anilines is 2. The van der Waals surface area contributed by atoms with Crippen LogP contribution in [0.5, 0.6) is 0 Å². The summed E-state index contributed by atoms with van der Waals surface area (Å²) in [7, 11) is 0. The van der Waals surface area contributed by atoms with Crippen molar-refractivity contribution < 1.29 is 9.59 Å². The Labute approximate surface area is 143 Å². The number of fused-ring (bicyclic) bond motifs is 1. The number of nitrogens with one attached hydrogen (secondary N) is 2. The van der Waals surface area contributed by atoms with Crippen molar-refractivity contribution in [1.29, 1.82) is 0 Å². The second-order valence-corrected chi connectivity index (χ2v) is 7.19. The fourth-order valence-corrected chi connectivity index (χ4v) is 3.82. The normalized spacial score (nSPS) is 13.1. The highest BCUT2D eigenvalue weighted by Crippen LogP contribution is 2.33. The number of amides is 2. The van der Waals surface area contributed by atoms with Gasteiger partial charge in [0.05, 0.1) is 11.4 Å². The van der Waals surface area contributed by atoms with Crippen LogP contribution in [0.1, 0.15) is 6.42 Å². The molecule has 0 saturated heterocycles. The van der Waals surface area contributed by atoms with Gasteiger partial charge in [-0.1, -0.05) is 18.2 Å². The number of hydrogen-bond acceptors (Lipinski definition) is 4. The van der Waals surface area contributed by atoms with Crippen molar-refractivity contribution >= 4 is 46.7 Å². The Hall–Kier alpha value is -1.92. The Kier molecular flexibility index (Phi) is 5.25. The molecule has 0 fully saturated rings. The van der Waals surface area contributed by atoms with Crippen LogP contribution in [-0.2, 0) is 9.59 Å². The van der Waals surface area contributed by atoms with E-state index in [2.05, 4.69) is 10.6 Å². The van der Waals surface area contributed by atoms with Crippen LogP contribution < -0.4 is 10.6 Å².